The fourth-order valence-electron chi connectivity index (χ4n) is 3.35. The van der Waals surface area contributed by atoms with Gasteiger partial charge in [0.05, 0.1) is 6.04 Å². The third-order valence-electron chi connectivity index (χ3n) is 4.61. The Balaban J connectivity index is 1.64. The molecule has 1 fully saturated rings. The summed E-state index contributed by atoms with van der Waals surface area (Å²) in [6.45, 7) is 0.669. The molecule has 0 aliphatic carbocycles. The summed E-state index contributed by atoms with van der Waals surface area (Å²) < 4.78 is 1.93. The first kappa shape index (κ1) is 14.8. The Morgan fingerprint density at radius 3 is 2.96 bits per heavy atom. The van der Waals surface area contributed by atoms with Crippen LogP contribution in [0.3, 0.4) is 0 Å². The van der Waals surface area contributed by atoms with Crippen molar-refractivity contribution in [2.75, 3.05) is 13.6 Å². The van der Waals surface area contributed by atoms with Gasteiger partial charge in [-0.15, -0.1) is 10.2 Å². The summed E-state index contributed by atoms with van der Waals surface area (Å²) in [6.07, 6.45) is 4.40. The summed E-state index contributed by atoms with van der Waals surface area (Å²) in [7, 11) is 1.59. The number of nitrogens with zero attached hydrogens (tertiary/aromatic N) is 6. The molecule has 0 N–H and O–H groups in total. The molecule has 0 saturated carbocycles. The van der Waals surface area contributed by atoms with Gasteiger partial charge in [0.1, 0.15) is 5.71 Å². The predicted octanol–water partition coefficient (Wildman–Crippen LogP) is 1.00. The zero-order valence-corrected chi connectivity index (χ0v) is 13.4. The number of pyridine rings is 1. The van der Waals surface area contributed by atoms with E-state index in [1.165, 1.54) is 5.01 Å². The quantitative estimate of drug-likeness (QED) is 0.824. The molecular formula is C16H18N6O2. The van der Waals surface area contributed by atoms with Crippen LogP contribution in [-0.4, -0.2) is 55.6 Å². The van der Waals surface area contributed by atoms with E-state index in [1.54, 1.807) is 7.05 Å². The summed E-state index contributed by atoms with van der Waals surface area (Å²) >= 11 is 0. The van der Waals surface area contributed by atoms with Gasteiger partial charge in [-0.1, -0.05) is 6.07 Å². The van der Waals surface area contributed by atoms with E-state index in [4.69, 9.17) is 0 Å². The Morgan fingerprint density at radius 1 is 1.25 bits per heavy atom. The average Bonchev–Trinajstić information content (AvgIpc) is 3.22. The van der Waals surface area contributed by atoms with Crippen LogP contribution >= 0.6 is 0 Å². The second-order valence-corrected chi connectivity index (χ2v) is 6.11. The van der Waals surface area contributed by atoms with E-state index in [1.807, 2.05) is 33.7 Å². The highest BCUT2D eigenvalue weighted by Crippen LogP contribution is 2.31. The summed E-state index contributed by atoms with van der Waals surface area (Å²) in [4.78, 5) is 26.3. The lowest BCUT2D eigenvalue weighted by atomic mass is 10.1. The number of carbonyl (C=O) groups excluding carboxylic acids is 2. The van der Waals surface area contributed by atoms with Crippen LogP contribution in [0.15, 0.2) is 29.5 Å². The normalized spacial score (nSPS) is 21.5. The molecule has 2 aliphatic rings. The van der Waals surface area contributed by atoms with Gasteiger partial charge in [0.25, 0.3) is 5.91 Å². The maximum Gasteiger partial charge on any atom is 0.270 e. The molecule has 124 valence electrons. The van der Waals surface area contributed by atoms with E-state index in [0.717, 1.165) is 24.3 Å². The molecule has 0 unspecified atom stereocenters. The predicted molar refractivity (Wildman–Crippen MR) is 86.1 cm³/mol. The maximum absolute atomic E-state index is 12.9. The lowest BCUT2D eigenvalue weighted by Gasteiger charge is -2.26. The maximum atomic E-state index is 12.9. The Morgan fingerprint density at radius 2 is 2.12 bits per heavy atom. The summed E-state index contributed by atoms with van der Waals surface area (Å²) in [5, 5.41) is 13.9. The van der Waals surface area contributed by atoms with E-state index < -0.39 is 0 Å². The average molecular weight is 326 g/mol. The van der Waals surface area contributed by atoms with Crippen LogP contribution in [0.5, 0.6) is 0 Å². The minimum atomic E-state index is -0.111. The molecular weight excluding hydrogens is 308 g/mol. The van der Waals surface area contributed by atoms with Gasteiger partial charge in [0.2, 0.25) is 5.91 Å². The van der Waals surface area contributed by atoms with E-state index in [-0.39, 0.29) is 17.9 Å². The van der Waals surface area contributed by atoms with Crippen molar-refractivity contribution in [3.63, 3.8) is 0 Å². The molecule has 0 aromatic carbocycles. The van der Waals surface area contributed by atoms with Crippen LogP contribution in [-0.2, 0) is 9.59 Å². The molecule has 0 radical (unpaired) electrons. The molecule has 0 spiro atoms. The third-order valence-corrected chi connectivity index (χ3v) is 4.61. The van der Waals surface area contributed by atoms with E-state index in [2.05, 4.69) is 15.3 Å². The van der Waals surface area contributed by atoms with Crippen molar-refractivity contribution >= 4 is 23.2 Å². The van der Waals surface area contributed by atoms with Gasteiger partial charge < -0.3 is 4.90 Å². The highest BCUT2D eigenvalue weighted by molar-refractivity contribution is 6.39. The van der Waals surface area contributed by atoms with Gasteiger partial charge in [-0.2, -0.15) is 5.10 Å². The van der Waals surface area contributed by atoms with Crippen LogP contribution in [0.4, 0.5) is 0 Å². The number of carbonyl (C=O) groups is 2. The molecule has 2 aromatic rings. The van der Waals surface area contributed by atoms with Crippen LogP contribution in [0.1, 0.15) is 37.5 Å². The molecule has 4 rings (SSSR count). The van der Waals surface area contributed by atoms with E-state index in [0.29, 0.717) is 25.1 Å². The standard InChI is InChI=1S/C16H18N6O2/c1-20-14(23)8-7-11(19-20)16(24)21-10-4-5-12(21)15-18-17-13-6-2-3-9-22(13)15/h2-3,6,9,12H,4-5,7-8,10H2,1H3/t12-/m0/s1. The monoisotopic (exact) mass is 326 g/mol. The summed E-state index contributed by atoms with van der Waals surface area (Å²) in [6, 6.07) is 5.62. The lowest BCUT2D eigenvalue weighted by Crippen LogP contribution is -2.40. The topological polar surface area (TPSA) is 83.2 Å². The van der Waals surface area contributed by atoms with Crippen molar-refractivity contribution in [2.24, 2.45) is 5.10 Å². The number of hydrogen-bond acceptors (Lipinski definition) is 5. The second-order valence-electron chi connectivity index (χ2n) is 6.11. The van der Waals surface area contributed by atoms with Gasteiger partial charge in [0, 0.05) is 32.6 Å². The smallest absolute Gasteiger partial charge is 0.270 e. The SMILES string of the molecule is CN1N=C(C(=O)N2CCC[C@H]2c2nnc3ccccn23)CCC1=O. The molecule has 4 heterocycles. The van der Waals surface area contributed by atoms with Crippen LogP contribution < -0.4 is 0 Å². The Bertz CT molecular complexity index is 842. The van der Waals surface area contributed by atoms with E-state index in [9.17, 15) is 9.59 Å². The van der Waals surface area contributed by atoms with Crippen LogP contribution in [0.2, 0.25) is 0 Å². The number of hydrogen-bond donors (Lipinski definition) is 0. The van der Waals surface area contributed by atoms with Crippen molar-refractivity contribution in [2.45, 2.75) is 31.7 Å². The highest BCUT2D eigenvalue weighted by atomic mass is 16.2. The van der Waals surface area contributed by atoms with E-state index >= 15 is 0 Å². The number of rotatable bonds is 2. The molecule has 8 heteroatoms. The molecule has 0 bridgehead atoms. The molecule has 2 aromatic heterocycles. The number of aromatic nitrogens is 3. The first-order valence-corrected chi connectivity index (χ1v) is 8.10. The Labute approximate surface area is 138 Å². The van der Waals surface area contributed by atoms with Crippen molar-refractivity contribution in [1.82, 2.24) is 24.5 Å². The van der Waals surface area contributed by atoms with Crippen molar-refractivity contribution in [3.05, 3.63) is 30.2 Å². The number of amides is 2. The van der Waals surface area contributed by atoms with Crippen LogP contribution in [0.25, 0.3) is 5.65 Å². The van der Waals surface area contributed by atoms with Gasteiger partial charge in [-0.3, -0.25) is 14.0 Å². The second kappa shape index (κ2) is 5.70. The number of likely N-dealkylation sites (tertiary alicyclic amines) is 1. The van der Waals surface area contributed by atoms with Crippen molar-refractivity contribution in [1.29, 1.82) is 0 Å². The molecule has 8 nitrogen and oxygen atoms in total. The number of fused-ring (bicyclic) bond motifs is 1. The Kier molecular flexibility index (Phi) is 3.51. The van der Waals surface area contributed by atoms with Crippen molar-refractivity contribution < 1.29 is 9.59 Å². The largest absolute Gasteiger partial charge is 0.327 e. The van der Waals surface area contributed by atoms with Gasteiger partial charge in [-0.05, 0) is 25.0 Å². The van der Waals surface area contributed by atoms with Gasteiger partial charge in [0.15, 0.2) is 11.5 Å². The molecule has 2 aliphatic heterocycles. The third kappa shape index (κ3) is 2.34. The molecule has 1 atom stereocenters. The fourth-order valence-corrected chi connectivity index (χ4v) is 3.35. The molecule has 1 saturated heterocycles. The first-order valence-electron chi connectivity index (χ1n) is 8.10. The first-order chi connectivity index (χ1) is 11.6. The van der Waals surface area contributed by atoms with Gasteiger partial charge >= 0.3 is 0 Å². The minimum Gasteiger partial charge on any atom is -0.327 e. The van der Waals surface area contributed by atoms with Gasteiger partial charge in [-0.25, -0.2) is 5.01 Å². The zero-order chi connectivity index (χ0) is 16.7. The summed E-state index contributed by atoms with van der Waals surface area (Å²) in [5.41, 5.74) is 1.21. The fraction of sp³-hybridized carbons (Fsp3) is 0.438. The molecule has 2 amide bonds. The highest BCUT2D eigenvalue weighted by Gasteiger charge is 2.36. The summed E-state index contributed by atoms with van der Waals surface area (Å²) in [5.74, 6) is 0.606. The zero-order valence-electron chi connectivity index (χ0n) is 13.4. The minimum absolute atomic E-state index is 0.0621. The Hall–Kier alpha value is -2.77. The van der Waals surface area contributed by atoms with Crippen molar-refractivity contribution in [3.8, 4) is 0 Å². The lowest BCUT2D eigenvalue weighted by molar-refractivity contribution is -0.130. The number of hydrazone groups is 1. The van der Waals surface area contributed by atoms with Crippen LogP contribution in [0, 0.1) is 0 Å². The molecule has 24 heavy (non-hydrogen) atoms.